The Bertz CT molecular complexity index is 2170. The molecule has 12 heteroatoms. The van der Waals surface area contributed by atoms with Gasteiger partial charge in [0.1, 0.15) is 6.61 Å². The molecule has 1 aromatic heterocycles. The van der Waals surface area contributed by atoms with Crippen molar-refractivity contribution in [3.8, 4) is 23.0 Å². The number of carbonyl (C=O) groups is 1. The topological polar surface area (TPSA) is 97.6 Å². The minimum atomic E-state index is -0.822. The van der Waals surface area contributed by atoms with Crippen LogP contribution in [0.5, 0.6) is 23.0 Å². The molecule has 0 amide bonds. The first kappa shape index (κ1) is 37.7. The lowest BCUT2D eigenvalue weighted by Crippen LogP contribution is -2.40. The normalized spacial score (nSPS) is 14.2. The molecule has 0 spiro atoms. The molecule has 0 aliphatic carbocycles. The highest BCUT2D eigenvalue weighted by Gasteiger charge is 2.34. The number of fused-ring (bicyclic) bond motifs is 1. The summed E-state index contributed by atoms with van der Waals surface area (Å²) in [6, 6.07) is 13.7. The van der Waals surface area contributed by atoms with Gasteiger partial charge in [-0.25, -0.2) is 9.79 Å². The smallest absolute Gasteiger partial charge is 0.338 e. The Hall–Kier alpha value is -4.51. The van der Waals surface area contributed by atoms with Crippen molar-refractivity contribution >= 4 is 46.6 Å². The third-order valence-corrected chi connectivity index (χ3v) is 9.59. The number of rotatable bonds is 14. The maximum Gasteiger partial charge on any atom is 0.338 e. The summed E-state index contributed by atoms with van der Waals surface area (Å²) in [4.78, 5) is 32.9. The van der Waals surface area contributed by atoms with E-state index in [0.717, 1.165) is 16.7 Å². The minimum Gasteiger partial charge on any atom is -0.493 e. The third-order valence-electron chi connectivity index (χ3n) is 7.87. The monoisotopic (exact) mass is 750 g/mol. The molecule has 51 heavy (non-hydrogen) atoms. The molecule has 3 aromatic carbocycles. The van der Waals surface area contributed by atoms with E-state index in [2.05, 4.69) is 6.58 Å². The number of halogens is 2. The summed E-state index contributed by atoms with van der Waals surface area (Å²) >= 11 is 13.6. The number of benzene rings is 3. The van der Waals surface area contributed by atoms with Crippen molar-refractivity contribution in [1.29, 1.82) is 0 Å². The zero-order valence-corrected chi connectivity index (χ0v) is 31.7. The molecule has 268 valence electrons. The second kappa shape index (κ2) is 16.7. The van der Waals surface area contributed by atoms with Crippen molar-refractivity contribution in [2.75, 3.05) is 20.3 Å². The van der Waals surface area contributed by atoms with Gasteiger partial charge in [0.25, 0.3) is 5.56 Å². The van der Waals surface area contributed by atoms with E-state index in [1.807, 2.05) is 45.0 Å². The molecule has 2 heterocycles. The molecule has 0 radical (unpaired) electrons. The molecule has 0 N–H and O–H groups in total. The molecular formula is C39H40Cl2N2O7S. The average Bonchev–Trinajstić information content (AvgIpc) is 3.39. The quantitative estimate of drug-likeness (QED) is 0.0967. The van der Waals surface area contributed by atoms with Crippen LogP contribution in [0.3, 0.4) is 0 Å². The van der Waals surface area contributed by atoms with Gasteiger partial charge < -0.3 is 23.7 Å². The van der Waals surface area contributed by atoms with Crippen LogP contribution in [-0.4, -0.2) is 37.0 Å². The van der Waals surface area contributed by atoms with Gasteiger partial charge in [0.15, 0.2) is 27.8 Å². The van der Waals surface area contributed by atoms with E-state index in [4.69, 9.17) is 51.9 Å². The Kier molecular flexibility index (Phi) is 12.3. The van der Waals surface area contributed by atoms with Gasteiger partial charge in [-0.2, -0.15) is 0 Å². The Morgan fingerprint density at radius 3 is 2.47 bits per heavy atom. The highest BCUT2D eigenvalue weighted by molar-refractivity contribution is 7.07. The first-order chi connectivity index (χ1) is 24.5. The van der Waals surface area contributed by atoms with Gasteiger partial charge in [-0.05, 0) is 100 Å². The number of hydrogen-bond donors (Lipinski definition) is 0. The van der Waals surface area contributed by atoms with E-state index in [-0.39, 0.29) is 30.5 Å². The van der Waals surface area contributed by atoms with Crippen LogP contribution in [0.2, 0.25) is 10.0 Å². The fraction of sp³-hybridized carbons (Fsp3) is 0.308. The molecule has 4 aromatic rings. The second-order valence-corrected chi connectivity index (χ2v) is 13.7. The number of allylic oxidation sites excluding steroid dienone is 2. The highest BCUT2D eigenvalue weighted by Crippen LogP contribution is 2.38. The third kappa shape index (κ3) is 8.35. The number of hydrogen-bond acceptors (Lipinski definition) is 9. The molecule has 0 unspecified atom stereocenters. The van der Waals surface area contributed by atoms with Crippen molar-refractivity contribution in [3.05, 3.63) is 124 Å². The van der Waals surface area contributed by atoms with E-state index in [0.29, 0.717) is 66.7 Å². The molecular weight excluding hydrogens is 711 g/mol. The lowest BCUT2D eigenvalue weighted by atomic mass is 9.95. The van der Waals surface area contributed by atoms with Crippen molar-refractivity contribution in [1.82, 2.24) is 4.57 Å². The Morgan fingerprint density at radius 2 is 1.80 bits per heavy atom. The summed E-state index contributed by atoms with van der Waals surface area (Å²) in [5.74, 6) is 1.55. The minimum absolute atomic E-state index is 0.0851. The van der Waals surface area contributed by atoms with E-state index >= 15 is 0 Å². The zero-order valence-electron chi connectivity index (χ0n) is 29.4. The van der Waals surface area contributed by atoms with Crippen LogP contribution >= 0.6 is 34.5 Å². The predicted molar refractivity (Wildman–Crippen MR) is 201 cm³/mol. The van der Waals surface area contributed by atoms with Crippen molar-refractivity contribution in [2.45, 2.75) is 59.8 Å². The molecule has 0 bridgehead atoms. The molecule has 0 fully saturated rings. The number of methoxy groups -OCH3 is 1. The number of thiazole rings is 1. The van der Waals surface area contributed by atoms with Crippen LogP contribution in [0.4, 0.5) is 0 Å². The first-order valence-electron chi connectivity index (χ1n) is 16.5. The van der Waals surface area contributed by atoms with Crippen molar-refractivity contribution < 1.29 is 28.5 Å². The van der Waals surface area contributed by atoms with Gasteiger partial charge >= 0.3 is 5.97 Å². The molecule has 1 aliphatic rings. The van der Waals surface area contributed by atoms with Crippen LogP contribution < -0.4 is 33.8 Å². The first-order valence-corrected chi connectivity index (χ1v) is 18.1. The second-order valence-electron chi connectivity index (χ2n) is 11.8. The number of aromatic nitrogens is 1. The van der Waals surface area contributed by atoms with Crippen LogP contribution in [0.1, 0.15) is 62.9 Å². The Morgan fingerprint density at radius 1 is 1.02 bits per heavy atom. The number of carbonyl (C=O) groups excluding carboxylic acids is 1. The standard InChI is InChI=1S/C39H40Cl2N2O7S/c1-8-11-27-16-25(18-32(47-9-2)36(27)49-21-24-12-14-28(40)29(41)17-24)19-33-37(44)43-35(26-13-15-30(50-22(4)5)31(20-26)46-7)34(38(45)48-10-3)23(6)42-39(43)51-33/h8,12-20,22,35H,1,9-11,21H2,2-7H3/b33-19-/t35-/m1/s1. The van der Waals surface area contributed by atoms with Crippen molar-refractivity contribution in [2.24, 2.45) is 4.99 Å². The molecule has 0 saturated heterocycles. The molecule has 5 rings (SSSR count). The summed E-state index contributed by atoms with van der Waals surface area (Å²) in [6.07, 6.45) is 3.97. The number of ether oxygens (including phenoxy) is 5. The fourth-order valence-electron chi connectivity index (χ4n) is 5.75. The van der Waals surface area contributed by atoms with E-state index < -0.39 is 12.0 Å². The predicted octanol–water partition coefficient (Wildman–Crippen LogP) is 7.61. The van der Waals surface area contributed by atoms with Crippen LogP contribution in [0.15, 0.2) is 82.2 Å². The summed E-state index contributed by atoms with van der Waals surface area (Å²) in [6.45, 7) is 13.9. The van der Waals surface area contributed by atoms with Crippen molar-refractivity contribution in [3.63, 3.8) is 0 Å². The Labute approximate surface area is 311 Å². The van der Waals surface area contributed by atoms with E-state index in [1.54, 1.807) is 57.4 Å². The van der Waals surface area contributed by atoms with Gasteiger partial charge in [-0.15, -0.1) is 6.58 Å². The van der Waals surface area contributed by atoms with Gasteiger partial charge in [-0.1, -0.05) is 52.7 Å². The fourth-order valence-corrected chi connectivity index (χ4v) is 7.12. The molecule has 1 aliphatic heterocycles. The Balaban J connectivity index is 1.63. The SMILES string of the molecule is C=CCc1cc(/C=c2\sc3n(c2=O)[C@H](c2ccc(OC(C)C)c(OC)c2)C(C(=O)OCC)=C(C)N=3)cc(OCC)c1OCc1ccc(Cl)c(Cl)c1. The van der Waals surface area contributed by atoms with Crippen LogP contribution in [-0.2, 0) is 22.6 Å². The summed E-state index contributed by atoms with van der Waals surface area (Å²) in [5.41, 5.74) is 3.44. The lowest BCUT2D eigenvalue weighted by Gasteiger charge is -2.25. The molecule has 0 saturated carbocycles. The van der Waals surface area contributed by atoms with Gasteiger partial charge in [0, 0.05) is 5.56 Å². The number of esters is 1. The van der Waals surface area contributed by atoms with Crippen LogP contribution in [0.25, 0.3) is 6.08 Å². The maximum absolute atomic E-state index is 14.4. The largest absolute Gasteiger partial charge is 0.493 e. The lowest BCUT2D eigenvalue weighted by molar-refractivity contribution is -0.139. The number of nitrogens with zero attached hydrogens (tertiary/aromatic N) is 2. The summed E-state index contributed by atoms with van der Waals surface area (Å²) in [7, 11) is 1.55. The summed E-state index contributed by atoms with van der Waals surface area (Å²) in [5, 5.41) is 0.902. The highest BCUT2D eigenvalue weighted by atomic mass is 35.5. The summed E-state index contributed by atoms with van der Waals surface area (Å²) < 4.78 is 31.3. The average molecular weight is 752 g/mol. The molecule has 1 atom stereocenters. The zero-order chi connectivity index (χ0) is 36.8. The van der Waals surface area contributed by atoms with Gasteiger partial charge in [0.05, 0.1) is 58.3 Å². The molecule has 9 nitrogen and oxygen atoms in total. The van der Waals surface area contributed by atoms with Gasteiger partial charge in [0.2, 0.25) is 0 Å². The van der Waals surface area contributed by atoms with E-state index in [9.17, 15) is 9.59 Å². The van der Waals surface area contributed by atoms with E-state index in [1.165, 1.54) is 15.9 Å². The van der Waals surface area contributed by atoms with Gasteiger partial charge in [-0.3, -0.25) is 9.36 Å². The van der Waals surface area contributed by atoms with Crippen LogP contribution in [0, 0.1) is 0 Å². The maximum atomic E-state index is 14.4.